The number of aromatic hydroxyl groups is 1. The summed E-state index contributed by atoms with van der Waals surface area (Å²) in [5.74, 6) is 0.866. The van der Waals surface area contributed by atoms with Gasteiger partial charge in [0.2, 0.25) is 0 Å². The van der Waals surface area contributed by atoms with Crippen LogP contribution in [0.4, 0.5) is 11.5 Å². The van der Waals surface area contributed by atoms with E-state index in [9.17, 15) is 10.2 Å². The highest BCUT2D eigenvalue weighted by Crippen LogP contribution is 2.42. The van der Waals surface area contributed by atoms with E-state index in [0.717, 1.165) is 72.7 Å². The second-order valence-electron chi connectivity index (χ2n) is 9.92. The summed E-state index contributed by atoms with van der Waals surface area (Å²) < 4.78 is 2.08. The molecule has 0 aliphatic heterocycles. The molecule has 0 aromatic carbocycles. The van der Waals surface area contributed by atoms with Crippen molar-refractivity contribution in [3.63, 3.8) is 0 Å². The largest absolute Gasteiger partial charge is 0.504 e. The summed E-state index contributed by atoms with van der Waals surface area (Å²) in [6, 6.07) is 0.277. The van der Waals surface area contributed by atoms with Gasteiger partial charge in [-0.05, 0) is 46.0 Å². The normalized spacial score (nSPS) is 15.9. The minimum absolute atomic E-state index is 0.154. The number of hydrogen-bond acceptors (Lipinski definition) is 7. The maximum atomic E-state index is 10.8. The quantitative estimate of drug-likeness (QED) is 0.245. The van der Waals surface area contributed by atoms with Gasteiger partial charge in [-0.1, -0.05) is 60.3 Å². The van der Waals surface area contributed by atoms with Crippen molar-refractivity contribution in [1.82, 2.24) is 14.9 Å². The average Bonchev–Trinajstić information content (AvgIpc) is 3.42. The first-order valence-electron chi connectivity index (χ1n) is 14.2. The van der Waals surface area contributed by atoms with Crippen LogP contribution in [0.5, 0.6) is 5.75 Å². The monoisotopic (exact) mass is 531 g/mol. The van der Waals surface area contributed by atoms with Gasteiger partial charge in [-0.3, -0.25) is 0 Å². The van der Waals surface area contributed by atoms with Crippen molar-refractivity contribution in [2.24, 2.45) is 9.98 Å². The molecule has 8 heteroatoms. The summed E-state index contributed by atoms with van der Waals surface area (Å²) in [4.78, 5) is 15.3. The van der Waals surface area contributed by atoms with Crippen LogP contribution in [0.25, 0.3) is 0 Å². The van der Waals surface area contributed by atoms with Crippen LogP contribution in [0.2, 0.25) is 0 Å². The van der Waals surface area contributed by atoms with Crippen molar-refractivity contribution in [3.05, 3.63) is 21.8 Å². The van der Waals surface area contributed by atoms with E-state index < -0.39 is 5.60 Å². The molecule has 1 saturated carbocycles. The Labute approximate surface area is 228 Å². The van der Waals surface area contributed by atoms with Crippen molar-refractivity contribution in [2.45, 2.75) is 124 Å². The van der Waals surface area contributed by atoms with Crippen LogP contribution < -0.4 is 5.32 Å². The van der Waals surface area contributed by atoms with Crippen LogP contribution in [-0.4, -0.2) is 43.8 Å². The van der Waals surface area contributed by atoms with E-state index in [2.05, 4.69) is 30.7 Å². The zero-order chi connectivity index (χ0) is 27.4. The molecule has 0 spiro atoms. The third-order valence-corrected chi connectivity index (χ3v) is 7.74. The minimum Gasteiger partial charge on any atom is -0.504 e. The molecule has 0 bridgehead atoms. The number of hydrogen-bond donors (Lipinski definition) is 3. The Morgan fingerprint density at radius 3 is 2.51 bits per heavy atom. The Bertz CT molecular complexity index is 1010. The molecule has 2 aromatic rings. The zero-order valence-electron chi connectivity index (χ0n) is 24.1. The van der Waals surface area contributed by atoms with Crippen LogP contribution in [0.1, 0.15) is 121 Å². The highest BCUT2D eigenvalue weighted by Gasteiger charge is 2.28. The lowest BCUT2D eigenvalue weighted by Gasteiger charge is -2.32. The number of nitrogens with zero attached hydrogens (tertiary/aromatic N) is 4. The Hall–Kier alpha value is -2.03. The minimum atomic E-state index is -0.583. The molecule has 1 fully saturated rings. The summed E-state index contributed by atoms with van der Waals surface area (Å²) >= 11 is 1.61. The second-order valence-corrected chi connectivity index (χ2v) is 11.0. The third-order valence-electron chi connectivity index (χ3n) is 6.71. The van der Waals surface area contributed by atoms with E-state index >= 15 is 0 Å². The van der Waals surface area contributed by atoms with E-state index in [1.165, 1.54) is 6.42 Å². The fraction of sp³-hybridized carbons (Fsp3) is 0.690. The Morgan fingerprint density at radius 2 is 1.92 bits per heavy atom. The van der Waals surface area contributed by atoms with E-state index in [4.69, 9.17) is 15.0 Å². The van der Waals surface area contributed by atoms with Gasteiger partial charge in [0.15, 0.2) is 11.6 Å². The fourth-order valence-corrected chi connectivity index (χ4v) is 5.84. The van der Waals surface area contributed by atoms with Gasteiger partial charge < -0.3 is 20.1 Å². The Balaban J connectivity index is 0.00000235. The fourth-order valence-electron chi connectivity index (χ4n) is 4.84. The number of aromatic nitrogens is 2. The Morgan fingerprint density at radius 1 is 1.22 bits per heavy atom. The van der Waals surface area contributed by atoms with Crippen LogP contribution in [0.3, 0.4) is 0 Å². The molecule has 1 atom stereocenters. The number of rotatable bonds is 12. The molecular weight excluding hydrogens is 482 g/mol. The van der Waals surface area contributed by atoms with Gasteiger partial charge in [0.25, 0.3) is 0 Å². The molecule has 1 aliphatic rings. The third kappa shape index (κ3) is 8.76. The molecule has 0 saturated heterocycles. The molecule has 2 aromatic heterocycles. The van der Waals surface area contributed by atoms with Crippen molar-refractivity contribution in [1.29, 1.82) is 0 Å². The van der Waals surface area contributed by atoms with Crippen LogP contribution in [-0.2, 0) is 13.0 Å². The maximum Gasteiger partial charge on any atom is 0.162 e. The number of aliphatic imine (C=N–C) groups is 2. The van der Waals surface area contributed by atoms with Gasteiger partial charge in [-0.25, -0.2) is 15.0 Å². The molecule has 1 aliphatic carbocycles. The average molecular weight is 532 g/mol. The predicted molar refractivity (Wildman–Crippen MR) is 159 cm³/mol. The molecule has 1 unspecified atom stereocenters. The van der Waals surface area contributed by atoms with Crippen molar-refractivity contribution in [2.75, 3.05) is 6.54 Å². The number of aliphatic hydroxyl groups is 1. The standard InChI is InChI=1S/C27H43N5O2S.C2H6/c1-6-12-20(7-2)32-17-22(33)25(26(32)30-19(4)5)29-15-23-21(8-3)31-24(35-23)16-28-18-27(34)13-10-9-11-14-27;1-2/h15,17,20,28,33-34H,6-14,16,18H2,1-5H3;1-2H3. The molecule has 208 valence electrons. The van der Waals surface area contributed by atoms with Crippen molar-refractivity contribution < 1.29 is 10.2 Å². The van der Waals surface area contributed by atoms with Gasteiger partial charge in [0.05, 0.1) is 22.4 Å². The number of nitrogens with one attached hydrogen (secondary N) is 1. The van der Waals surface area contributed by atoms with E-state index in [1.54, 1.807) is 17.5 Å². The molecule has 0 amide bonds. The SMILES string of the molecule is CC.CCCC(CC)n1cc(O)c(N=Cc2sc(CNCC3(O)CCCCC3)nc2CC)c1N=C(C)C. The first kappa shape index (κ1) is 31.2. The summed E-state index contributed by atoms with van der Waals surface area (Å²) in [6.45, 7) is 15.6. The van der Waals surface area contributed by atoms with Crippen LogP contribution in [0.15, 0.2) is 16.2 Å². The smallest absolute Gasteiger partial charge is 0.162 e. The lowest BCUT2D eigenvalue weighted by molar-refractivity contribution is 0.00467. The summed E-state index contributed by atoms with van der Waals surface area (Å²) in [7, 11) is 0. The zero-order valence-corrected chi connectivity index (χ0v) is 24.9. The maximum absolute atomic E-state index is 10.8. The molecular formula is C29H49N5O2S. The summed E-state index contributed by atoms with van der Waals surface area (Å²) in [6.07, 6.45) is 12.6. The van der Waals surface area contributed by atoms with E-state index in [0.29, 0.717) is 24.6 Å². The van der Waals surface area contributed by atoms with Gasteiger partial charge >= 0.3 is 0 Å². The second kappa shape index (κ2) is 15.4. The lowest BCUT2D eigenvalue weighted by atomic mass is 9.85. The van der Waals surface area contributed by atoms with Crippen LogP contribution in [0, 0.1) is 0 Å². The number of thiazole rings is 1. The van der Waals surface area contributed by atoms with Gasteiger partial charge in [0.1, 0.15) is 10.7 Å². The van der Waals surface area contributed by atoms with Gasteiger partial charge in [-0.15, -0.1) is 11.3 Å². The molecule has 3 N–H and O–H groups in total. The van der Waals surface area contributed by atoms with Crippen LogP contribution >= 0.6 is 11.3 Å². The van der Waals surface area contributed by atoms with Crippen molar-refractivity contribution in [3.8, 4) is 5.75 Å². The van der Waals surface area contributed by atoms with Gasteiger partial charge in [0, 0.05) is 31.1 Å². The molecule has 2 heterocycles. The molecule has 7 nitrogen and oxygen atoms in total. The highest BCUT2D eigenvalue weighted by atomic mass is 32.1. The molecule has 3 rings (SSSR count). The van der Waals surface area contributed by atoms with E-state index in [1.807, 2.05) is 33.9 Å². The van der Waals surface area contributed by atoms with Crippen molar-refractivity contribution >= 4 is 34.8 Å². The topological polar surface area (TPSA) is 95.0 Å². The first-order valence-corrected chi connectivity index (χ1v) is 15.0. The predicted octanol–water partition coefficient (Wildman–Crippen LogP) is 7.64. The summed E-state index contributed by atoms with van der Waals surface area (Å²) in [5, 5.41) is 25.9. The Kier molecular flexibility index (Phi) is 13.0. The molecule has 0 radical (unpaired) electrons. The lowest BCUT2D eigenvalue weighted by Crippen LogP contribution is -2.41. The highest BCUT2D eigenvalue weighted by molar-refractivity contribution is 7.13. The summed E-state index contributed by atoms with van der Waals surface area (Å²) in [5.41, 5.74) is 1.85. The first-order chi connectivity index (χ1) is 17.8. The molecule has 37 heavy (non-hydrogen) atoms. The van der Waals surface area contributed by atoms with E-state index in [-0.39, 0.29) is 11.8 Å². The number of aryl methyl sites for hydroxylation is 1. The van der Waals surface area contributed by atoms with Gasteiger partial charge in [-0.2, -0.15) is 0 Å².